The molecule has 0 spiro atoms. The van der Waals surface area contributed by atoms with E-state index in [-0.39, 0.29) is 11.9 Å². The molecule has 18 heavy (non-hydrogen) atoms. The number of aromatic nitrogens is 2. The Kier molecular flexibility index (Phi) is 4.14. The first kappa shape index (κ1) is 13.2. The Morgan fingerprint density at radius 2 is 2.28 bits per heavy atom. The summed E-state index contributed by atoms with van der Waals surface area (Å²) in [4.78, 5) is 4.29. The lowest BCUT2D eigenvalue weighted by Crippen LogP contribution is -2.17. The minimum atomic E-state index is -0.248. The standard InChI is InChI=1S/C13H15BrFN3/c1-9(16)4-11-7-18(8-17-11)6-10-2-3-13(15)12(14)5-10/h2-3,5,7-9H,4,6,16H2,1H3. The highest BCUT2D eigenvalue weighted by Gasteiger charge is 2.04. The molecule has 1 aromatic heterocycles. The summed E-state index contributed by atoms with van der Waals surface area (Å²) < 4.78 is 15.6. The number of rotatable bonds is 4. The molecule has 1 aromatic carbocycles. The molecule has 0 bridgehead atoms. The topological polar surface area (TPSA) is 43.8 Å². The van der Waals surface area contributed by atoms with E-state index >= 15 is 0 Å². The van der Waals surface area contributed by atoms with E-state index in [2.05, 4.69) is 20.9 Å². The molecule has 3 nitrogen and oxygen atoms in total. The molecule has 5 heteroatoms. The maximum absolute atomic E-state index is 13.1. The van der Waals surface area contributed by atoms with E-state index in [1.165, 1.54) is 6.07 Å². The van der Waals surface area contributed by atoms with Crippen molar-refractivity contribution in [1.82, 2.24) is 9.55 Å². The molecule has 0 amide bonds. The average Bonchev–Trinajstić information content (AvgIpc) is 2.70. The van der Waals surface area contributed by atoms with Crippen molar-refractivity contribution in [3.05, 3.63) is 52.3 Å². The highest BCUT2D eigenvalue weighted by atomic mass is 79.9. The van der Waals surface area contributed by atoms with Gasteiger partial charge in [-0.1, -0.05) is 6.07 Å². The second-order valence-electron chi connectivity index (χ2n) is 4.47. The van der Waals surface area contributed by atoms with Crippen LogP contribution in [0, 0.1) is 5.82 Å². The third-order valence-corrected chi connectivity index (χ3v) is 3.17. The van der Waals surface area contributed by atoms with Gasteiger partial charge < -0.3 is 10.3 Å². The molecule has 1 heterocycles. The van der Waals surface area contributed by atoms with Crippen molar-refractivity contribution in [2.75, 3.05) is 0 Å². The molecule has 2 N–H and O–H groups in total. The molecule has 1 atom stereocenters. The summed E-state index contributed by atoms with van der Waals surface area (Å²) in [7, 11) is 0. The summed E-state index contributed by atoms with van der Waals surface area (Å²) in [5.41, 5.74) is 7.72. The van der Waals surface area contributed by atoms with Crippen LogP contribution in [0.5, 0.6) is 0 Å². The molecule has 1 unspecified atom stereocenters. The van der Waals surface area contributed by atoms with E-state index in [0.717, 1.165) is 17.7 Å². The minimum absolute atomic E-state index is 0.105. The number of hydrogen-bond acceptors (Lipinski definition) is 2. The number of imidazole rings is 1. The van der Waals surface area contributed by atoms with Gasteiger partial charge in [-0.3, -0.25) is 0 Å². The van der Waals surface area contributed by atoms with Crippen molar-refractivity contribution >= 4 is 15.9 Å². The average molecular weight is 312 g/mol. The third kappa shape index (κ3) is 3.40. The minimum Gasteiger partial charge on any atom is -0.333 e. The van der Waals surface area contributed by atoms with Gasteiger partial charge in [0.1, 0.15) is 5.82 Å². The summed E-state index contributed by atoms with van der Waals surface area (Å²) in [6.07, 6.45) is 4.51. The van der Waals surface area contributed by atoms with Gasteiger partial charge in [0.2, 0.25) is 0 Å². The summed E-state index contributed by atoms with van der Waals surface area (Å²) >= 11 is 3.18. The maximum Gasteiger partial charge on any atom is 0.137 e. The van der Waals surface area contributed by atoms with Crippen LogP contribution < -0.4 is 5.73 Å². The van der Waals surface area contributed by atoms with Gasteiger partial charge in [-0.15, -0.1) is 0 Å². The van der Waals surface area contributed by atoms with E-state index in [1.54, 1.807) is 18.5 Å². The lowest BCUT2D eigenvalue weighted by atomic mass is 10.2. The lowest BCUT2D eigenvalue weighted by molar-refractivity contribution is 0.619. The maximum atomic E-state index is 13.1. The number of halogens is 2. The first-order valence-electron chi connectivity index (χ1n) is 5.75. The number of nitrogens with two attached hydrogens (primary N) is 1. The first-order chi connectivity index (χ1) is 8.54. The van der Waals surface area contributed by atoms with E-state index in [9.17, 15) is 4.39 Å². The number of hydrogen-bond donors (Lipinski definition) is 1. The zero-order valence-electron chi connectivity index (χ0n) is 10.1. The van der Waals surface area contributed by atoms with Crippen LogP contribution in [0.1, 0.15) is 18.2 Å². The van der Waals surface area contributed by atoms with E-state index < -0.39 is 0 Å². The van der Waals surface area contributed by atoms with Crippen LogP contribution in [-0.4, -0.2) is 15.6 Å². The fraction of sp³-hybridized carbons (Fsp3) is 0.308. The van der Waals surface area contributed by atoms with Crippen LogP contribution in [0.3, 0.4) is 0 Å². The highest BCUT2D eigenvalue weighted by molar-refractivity contribution is 9.10. The van der Waals surface area contributed by atoms with Gasteiger partial charge in [0, 0.05) is 25.2 Å². The second kappa shape index (κ2) is 5.63. The summed E-state index contributed by atoms with van der Waals surface area (Å²) in [6.45, 7) is 2.63. The molecule has 0 fully saturated rings. The molecule has 96 valence electrons. The summed E-state index contributed by atoms with van der Waals surface area (Å²) in [6, 6.07) is 5.11. The van der Waals surface area contributed by atoms with Crippen LogP contribution >= 0.6 is 15.9 Å². The Morgan fingerprint density at radius 3 is 2.94 bits per heavy atom. The summed E-state index contributed by atoms with van der Waals surface area (Å²) in [5.74, 6) is -0.248. The van der Waals surface area contributed by atoms with E-state index in [1.807, 2.05) is 17.7 Å². The zero-order chi connectivity index (χ0) is 13.1. The van der Waals surface area contributed by atoms with E-state index in [0.29, 0.717) is 11.0 Å². The van der Waals surface area contributed by atoms with Crippen LogP contribution in [0.2, 0.25) is 0 Å². The Morgan fingerprint density at radius 1 is 1.50 bits per heavy atom. The lowest BCUT2D eigenvalue weighted by Gasteiger charge is -2.04. The largest absolute Gasteiger partial charge is 0.333 e. The molecule has 0 aliphatic rings. The monoisotopic (exact) mass is 311 g/mol. The summed E-state index contributed by atoms with van der Waals surface area (Å²) in [5, 5.41) is 0. The predicted octanol–water partition coefficient (Wildman–Crippen LogP) is 2.72. The molecule has 0 aliphatic carbocycles. The SMILES string of the molecule is CC(N)Cc1cn(Cc2ccc(F)c(Br)c2)cn1. The Balaban J connectivity index is 2.08. The molecule has 0 radical (unpaired) electrons. The Labute approximate surface area is 114 Å². The fourth-order valence-corrected chi connectivity index (χ4v) is 2.20. The van der Waals surface area contributed by atoms with Crippen molar-refractivity contribution in [1.29, 1.82) is 0 Å². The second-order valence-corrected chi connectivity index (χ2v) is 5.32. The van der Waals surface area contributed by atoms with Crippen molar-refractivity contribution < 1.29 is 4.39 Å². The van der Waals surface area contributed by atoms with Crippen molar-refractivity contribution in [2.45, 2.75) is 25.9 Å². The van der Waals surface area contributed by atoms with Crippen molar-refractivity contribution in [2.24, 2.45) is 5.73 Å². The van der Waals surface area contributed by atoms with Gasteiger partial charge in [0.05, 0.1) is 16.5 Å². The van der Waals surface area contributed by atoms with Crippen LogP contribution in [0.15, 0.2) is 35.2 Å². The zero-order valence-corrected chi connectivity index (χ0v) is 11.7. The van der Waals surface area contributed by atoms with Crippen LogP contribution in [0.25, 0.3) is 0 Å². The molecule has 2 aromatic rings. The smallest absolute Gasteiger partial charge is 0.137 e. The third-order valence-electron chi connectivity index (χ3n) is 2.57. The van der Waals surface area contributed by atoms with Gasteiger partial charge in [0.15, 0.2) is 0 Å². The van der Waals surface area contributed by atoms with Gasteiger partial charge >= 0.3 is 0 Å². The predicted molar refractivity (Wildman–Crippen MR) is 72.8 cm³/mol. The molecule has 0 aliphatic heterocycles. The van der Waals surface area contributed by atoms with Gasteiger partial charge in [-0.05, 0) is 40.5 Å². The van der Waals surface area contributed by atoms with Crippen molar-refractivity contribution in [3.63, 3.8) is 0 Å². The Bertz CT molecular complexity index is 537. The number of nitrogens with zero attached hydrogens (tertiary/aromatic N) is 2. The molecular weight excluding hydrogens is 297 g/mol. The molecule has 2 rings (SSSR count). The van der Waals surface area contributed by atoms with Crippen LogP contribution in [-0.2, 0) is 13.0 Å². The fourth-order valence-electron chi connectivity index (χ4n) is 1.78. The quantitative estimate of drug-likeness (QED) is 0.943. The highest BCUT2D eigenvalue weighted by Crippen LogP contribution is 2.17. The van der Waals surface area contributed by atoms with Gasteiger partial charge in [-0.2, -0.15) is 0 Å². The molecule has 0 saturated heterocycles. The van der Waals surface area contributed by atoms with Gasteiger partial charge in [0.25, 0.3) is 0 Å². The Hall–Kier alpha value is -1.20. The first-order valence-corrected chi connectivity index (χ1v) is 6.54. The molecule has 0 saturated carbocycles. The van der Waals surface area contributed by atoms with E-state index in [4.69, 9.17) is 5.73 Å². The normalized spacial score (nSPS) is 12.7. The molecular formula is C13H15BrFN3. The number of benzene rings is 1. The van der Waals surface area contributed by atoms with Gasteiger partial charge in [-0.25, -0.2) is 9.37 Å². The van der Waals surface area contributed by atoms with Crippen LogP contribution in [0.4, 0.5) is 4.39 Å². The van der Waals surface area contributed by atoms with Crippen molar-refractivity contribution in [3.8, 4) is 0 Å².